The number of anilines is 1. The molecule has 0 spiro atoms. The van der Waals surface area contributed by atoms with Crippen molar-refractivity contribution in [1.29, 1.82) is 0 Å². The molecule has 0 fully saturated rings. The molecule has 3 amide bonds. The standard InChI is InChI=1S/C33H37N3O6/c1-22(20-37)34-30(38)19-26-13-7-8-14-27(17-23-9-3-2-4-10-23)33(41)42-21-29(36-31(26)39)32(40)35-28-16-15-24-11-5-6-12-25(24)18-28/h2-12,15-16,18,22,26-27,29,37H,13-14,17,19-21H2,1H3,(H,34,38)(H,35,40)(H,36,39)/t22-,26+,27-,29-/m0/s1. The third-order valence-electron chi connectivity index (χ3n) is 7.19. The van der Waals surface area contributed by atoms with Gasteiger partial charge in [-0.3, -0.25) is 19.2 Å². The van der Waals surface area contributed by atoms with E-state index in [0.29, 0.717) is 18.5 Å². The second-order valence-electron chi connectivity index (χ2n) is 10.6. The second kappa shape index (κ2) is 14.9. The van der Waals surface area contributed by atoms with E-state index < -0.39 is 41.7 Å². The molecule has 0 bridgehead atoms. The summed E-state index contributed by atoms with van der Waals surface area (Å²) in [5, 5.41) is 19.4. The van der Waals surface area contributed by atoms with E-state index in [0.717, 1.165) is 16.3 Å². The largest absolute Gasteiger partial charge is 0.463 e. The molecule has 1 aliphatic heterocycles. The summed E-state index contributed by atoms with van der Waals surface area (Å²) in [7, 11) is 0. The van der Waals surface area contributed by atoms with Gasteiger partial charge in [0.2, 0.25) is 11.8 Å². The average Bonchev–Trinajstić information content (AvgIpc) is 2.99. The predicted molar refractivity (Wildman–Crippen MR) is 160 cm³/mol. The van der Waals surface area contributed by atoms with Crippen molar-refractivity contribution in [2.24, 2.45) is 11.8 Å². The Morgan fingerprint density at radius 2 is 1.64 bits per heavy atom. The van der Waals surface area contributed by atoms with E-state index >= 15 is 0 Å². The van der Waals surface area contributed by atoms with Crippen LogP contribution in [-0.2, 0) is 30.3 Å². The Balaban J connectivity index is 1.55. The van der Waals surface area contributed by atoms with Gasteiger partial charge in [0.15, 0.2) is 0 Å². The number of carbonyl (C=O) groups is 4. The van der Waals surface area contributed by atoms with Gasteiger partial charge in [-0.05, 0) is 54.7 Å². The van der Waals surface area contributed by atoms with Crippen LogP contribution in [0.2, 0.25) is 0 Å². The van der Waals surface area contributed by atoms with Crippen LogP contribution in [0.4, 0.5) is 5.69 Å². The van der Waals surface area contributed by atoms with Crippen molar-refractivity contribution in [2.45, 2.75) is 44.7 Å². The molecule has 4 atom stereocenters. The number of hydrogen-bond donors (Lipinski definition) is 4. The van der Waals surface area contributed by atoms with Gasteiger partial charge in [0, 0.05) is 18.2 Å². The minimum absolute atomic E-state index is 0.132. The number of esters is 1. The normalized spacial score (nSPS) is 20.4. The number of ether oxygens (including phenoxy) is 1. The number of hydrogen-bond acceptors (Lipinski definition) is 6. The molecule has 4 rings (SSSR count). The Morgan fingerprint density at radius 3 is 2.38 bits per heavy atom. The molecule has 1 heterocycles. The summed E-state index contributed by atoms with van der Waals surface area (Å²) < 4.78 is 5.62. The van der Waals surface area contributed by atoms with Crippen LogP contribution in [0.15, 0.2) is 84.9 Å². The Labute approximate surface area is 245 Å². The first-order valence-electron chi connectivity index (χ1n) is 14.2. The quantitative estimate of drug-likeness (QED) is 0.242. The van der Waals surface area contributed by atoms with E-state index in [-0.39, 0.29) is 32.0 Å². The lowest BCUT2D eigenvalue weighted by Crippen LogP contribution is -2.50. The second-order valence-corrected chi connectivity index (χ2v) is 10.6. The fourth-order valence-corrected chi connectivity index (χ4v) is 4.82. The van der Waals surface area contributed by atoms with Gasteiger partial charge in [0.05, 0.1) is 18.4 Å². The maximum atomic E-state index is 13.4. The highest BCUT2D eigenvalue weighted by molar-refractivity contribution is 5.99. The number of rotatable bonds is 8. The van der Waals surface area contributed by atoms with Gasteiger partial charge in [-0.25, -0.2) is 0 Å². The third kappa shape index (κ3) is 8.75. The summed E-state index contributed by atoms with van der Waals surface area (Å²) in [6.45, 7) is 1.07. The summed E-state index contributed by atoms with van der Waals surface area (Å²) in [5.41, 5.74) is 1.51. The Hall–Kier alpha value is -4.50. The van der Waals surface area contributed by atoms with Gasteiger partial charge in [-0.1, -0.05) is 72.8 Å². The number of aliphatic hydroxyl groups is 1. The first-order valence-corrected chi connectivity index (χ1v) is 14.2. The summed E-state index contributed by atoms with van der Waals surface area (Å²) in [6, 6.07) is 21.1. The molecule has 0 aliphatic carbocycles. The predicted octanol–water partition coefficient (Wildman–Crippen LogP) is 3.52. The molecule has 1 aliphatic rings. The number of amides is 3. The fourth-order valence-electron chi connectivity index (χ4n) is 4.82. The van der Waals surface area contributed by atoms with Crippen LogP contribution in [0.5, 0.6) is 0 Å². The number of carbonyl (C=O) groups excluding carboxylic acids is 4. The van der Waals surface area contributed by atoms with Crippen LogP contribution in [0, 0.1) is 11.8 Å². The molecule has 9 heteroatoms. The van der Waals surface area contributed by atoms with Gasteiger partial charge < -0.3 is 25.8 Å². The lowest BCUT2D eigenvalue weighted by molar-refractivity contribution is -0.150. The van der Waals surface area contributed by atoms with Crippen LogP contribution in [0.3, 0.4) is 0 Å². The molecule has 3 aromatic carbocycles. The number of cyclic esters (lactones) is 1. The summed E-state index contributed by atoms with van der Waals surface area (Å²) in [4.78, 5) is 52.5. The number of aliphatic hydroxyl groups excluding tert-OH is 1. The zero-order valence-corrected chi connectivity index (χ0v) is 23.6. The van der Waals surface area contributed by atoms with E-state index in [1.54, 1.807) is 19.1 Å². The van der Waals surface area contributed by atoms with Crippen molar-refractivity contribution < 1.29 is 29.0 Å². The minimum Gasteiger partial charge on any atom is -0.463 e. The highest BCUT2D eigenvalue weighted by atomic mass is 16.5. The highest BCUT2D eigenvalue weighted by Gasteiger charge is 2.30. The molecule has 0 radical (unpaired) electrons. The molecule has 220 valence electrons. The van der Waals surface area contributed by atoms with Crippen LogP contribution >= 0.6 is 0 Å². The molecule has 4 N–H and O–H groups in total. The van der Waals surface area contributed by atoms with Gasteiger partial charge in [-0.15, -0.1) is 0 Å². The fraction of sp³-hybridized carbons (Fsp3) is 0.333. The molecule has 3 aromatic rings. The lowest BCUT2D eigenvalue weighted by atomic mass is 9.94. The average molecular weight is 572 g/mol. The Morgan fingerprint density at radius 1 is 0.952 bits per heavy atom. The number of benzene rings is 3. The summed E-state index contributed by atoms with van der Waals surface area (Å²) in [5.74, 6) is -3.17. The zero-order chi connectivity index (χ0) is 29.9. The molecule has 9 nitrogen and oxygen atoms in total. The molecule has 0 saturated heterocycles. The van der Waals surface area contributed by atoms with E-state index in [2.05, 4.69) is 16.0 Å². The van der Waals surface area contributed by atoms with Gasteiger partial charge in [0.1, 0.15) is 12.6 Å². The van der Waals surface area contributed by atoms with Crippen LogP contribution in [0.1, 0.15) is 31.7 Å². The van der Waals surface area contributed by atoms with Crippen molar-refractivity contribution >= 4 is 40.2 Å². The highest BCUT2D eigenvalue weighted by Crippen LogP contribution is 2.21. The summed E-state index contributed by atoms with van der Waals surface area (Å²) >= 11 is 0. The molecular weight excluding hydrogens is 534 g/mol. The van der Waals surface area contributed by atoms with E-state index in [1.165, 1.54) is 0 Å². The maximum absolute atomic E-state index is 13.4. The van der Waals surface area contributed by atoms with E-state index in [1.807, 2.05) is 72.8 Å². The van der Waals surface area contributed by atoms with Crippen LogP contribution in [-0.4, -0.2) is 54.1 Å². The third-order valence-corrected chi connectivity index (χ3v) is 7.19. The van der Waals surface area contributed by atoms with Crippen LogP contribution in [0.25, 0.3) is 10.8 Å². The smallest absolute Gasteiger partial charge is 0.309 e. The summed E-state index contributed by atoms with van der Waals surface area (Å²) in [6.07, 6.45) is 4.55. The molecule has 0 aromatic heterocycles. The first kappa shape index (κ1) is 30.5. The molecular formula is C33H37N3O6. The van der Waals surface area contributed by atoms with Crippen molar-refractivity contribution in [3.63, 3.8) is 0 Å². The number of fused-ring (bicyclic) bond motifs is 1. The number of allylic oxidation sites excluding steroid dienone is 2. The van der Waals surface area contributed by atoms with Crippen molar-refractivity contribution in [3.05, 3.63) is 90.5 Å². The van der Waals surface area contributed by atoms with Gasteiger partial charge >= 0.3 is 5.97 Å². The van der Waals surface area contributed by atoms with E-state index in [9.17, 15) is 24.3 Å². The SMILES string of the molecule is C[C@@H](CO)NC(=O)C[C@H]1CC=CC[C@@H](Cc2ccccc2)C(=O)OC[C@@H](C(=O)Nc2ccc3ccccc3c2)NC1=O. The van der Waals surface area contributed by atoms with Crippen LogP contribution < -0.4 is 16.0 Å². The zero-order valence-electron chi connectivity index (χ0n) is 23.6. The Kier molecular flexibility index (Phi) is 10.8. The van der Waals surface area contributed by atoms with Crippen molar-refractivity contribution in [1.82, 2.24) is 10.6 Å². The molecule has 0 saturated carbocycles. The monoisotopic (exact) mass is 571 g/mol. The van der Waals surface area contributed by atoms with Gasteiger partial charge in [0.25, 0.3) is 5.91 Å². The Bertz CT molecular complexity index is 1420. The topological polar surface area (TPSA) is 134 Å². The molecule has 0 unspecified atom stereocenters. The maximum Gasteiger partial charge on any atom is 0.309 e. The number of nitrogens with one attached hydrogen (secondary N) is 3. The first-order chi connectivity index (χ1) is 20.3. The van der Waals surface area contributed by atoms with Crippen molar-refractivity contribution in [3.8, 4) is 0 Å². The van der Waals surface area contributed by atoms with Crippen molar-refractivity contribution in [2.75, 3.05) is 18.5 Å². The van der Waals surface area contributed by atoms with Gasteiger partial charge in [-0.2, -0.15) is 0 Å². The molecule has 42 heavy (non-hydrogen) atoms. The lowest BCUT2D eigenvalue weighted by Gasteiger charge is -2.24. The van der Waals surface area contributed by atoms with E-state index in [4.69, 9.17) is 4.74 Å². The minimum atomic E-state index is -1.18.